The van der Waals surface area contributed by atoms with Gasteiger partial charge in [-0.2, -0.15) is 0 Å². The first-order chi connectivity index (χ1) is 21.0. The van der Waals surface area contributed by atoms with Crippen LogP contribution in [-0.2, 0) is 22.6 Å². The van der Waals surface area contributed by atoms with Gasteiger partial charge in [-0.25, -0.2) is 14.4 Å². The van der Waals surface area contributed by atoms with Crippen molar-refractivity contribution < 1.29 is 24.1 Å². The predicted molar refractivity (Wildman–Crippen MR) is 165 cm³/mol. The highest BCUT2D eigenvalue weighted by Gasteiger charge is 2.57. The molecule has 11 heteroatoms. The van der Waals surface area contributed by atoms with Crippen LogP contribution >= 0.6 is 23.2 Å². The molecule has 0 bridgehead atoms. The Hall–Kier alpha value is -2.66. The van der Waals surface area contributed by atoms with Gasteiger partial charge >= 0.3 is 0 Å². The number of hydrogen-bond acceptors (Lipinski definition) is 7. The van der Waals surface area contributed by atoms with E-state index in [1.807, 2.05) is 14.0 Å². The molecule has 0 spiro atoms. The van der Waals surface area contributed by atoms with Gasteiger partial charge < -0.3 is 19.8 Å². The highest BCUT2D eigenvalue weighted by molar-refractivity contribution is 6.30. The van der Waals surface area contributed by atoms with Crippen molar-refractivity contribution in [3.05, 3.63) is 92.7 Å². The van der Waals surface area contributed by atoms with E-state index in [0.29, 0.717) is 27.6 Å². The Balaban J connectivity index is 1.53. The first-order valence-electron chi connectivity index (χ1n) is 15.1. The molecule has 2 atom stereocenters. The minimum atomic E-state index is -1.72. The number of nitrogens with zero attached hydrogens (tertiary/aromatic N) is 4. The number of carbonyl (C=O) groups excluding carboxylic acids is 1. The number of carbonyl (C=O) groups is 1. The summed E-state index contributed by atoms with van der Waals surface area (Å²) >= 11 is 12.3. The molecule has 1 aliphatic carbocycles. The van der Waals surface area contributed by atoms with Crippen LogP contribution in [0.1, 0.15) is 71.9 Å². The Kier molecular flexibility index (Phi) is 8.49. The second-order valence-corrected chi connectivity index (χ2v) is 13.4. The van der Waals surface area contributed by atoms with E-state index < -0.39 is 28.5 Å². The number of fused-ring (bicyclic) bond motifs is 1. The summed E-state index contributed by atoms with van der Waals surface area (Å²) in [6, 6.07) is 9.77. The van der Waals surface area contributed by atoms with Crippen LogP contribution in [0.25, 0.3) is 0 Å². The molecule has 1 aromatic heterocycles. The van der Waals surface area contributed by atoms with E-state index in [1.54, 1.807) is 30.3 Å². The smallest absolute Gasteiger partial charge is 0.257 e. The maximum absolute atomic E-state index is 16.9. The van der Waals surface area contributed by atoms with Gasteiger partial charge in [0.1, 0.15) is 11.6 Å². The van der Waals surface area contributed by atoms with Crippen LogP contribution in [0.5, 0.6) is 0 Å². The third kappa shape index (κ3) is 5.42. The molecule has 1 amide bonds. The lowest BCUT2D eigenvalue weighted by Crippen LogP contribution is -2.48. The molecule has 6 rings (SSSR count). The number of amides is 1. The van der Waals surface area contributed by atoms with Crippen molar-refractivity contribution in [3.63, 3.8) is 0 Å². The SMILES string of the molecule is CCC(O)(c1cc(F)c2c(c1)C(=O)N(Cc1ncc(Cl)cn1)[C@@]2(OCC1(CO)CC1)c1ccc(Cl)cc1)C1CCN(C)CC1. The van der Waals surface area contributed by atoms with Crippen molar-refractivity contribution in [3.8, 4) is 0 Å². The molecule has 0 radical (unpaired) electrons. The van der Waals surface area contributed by atoms with Gasteiger partial charge in [0.25, 0.3) is 5.91 Å². The third-order valence-electron chi connectivity index (χ3n) is 9.81. The summed E-state index contributed by atoms with van der Waals surface area (Å²) in [5.41, 5.74) is -2.47. The maximum atomic E-state index is 16.9. The molecule has 2 aliphatic heterocycles. The summed E-state index contributed by atoms with van der Waals surface area (Å²) in [6.07, 6.45) is 6.27. The molecule has 1 saturated carbocycles. The zero-order valence-electron chi connectivity index (χ0n) is 24.9. The quantitative estimate of drug-likeness (QED) is 0.301. The van der Waals surface area contributed by atoms with Crippen molar-refractivity contribution >= 4 is 29.1 Å². The molecule has 234 valence electrons. The molecular formula is C33H37Cl2FN4O4. The minimum Gasteiger partial charge on any atom is -0.396 e. The van der Waals surface area contributed by atoms with E-state index in [9.17, 15) is 15.0 Å². The van der Waals surface area contributed by atoms with Crippen LogP contribution in [0.4, 0.5) is 4.39 Å². The van der Waals surface area contributed by atoms with Gasteiger partial charge in [0.05, 0.1) is 41.5 Å². The highest BCUT2D eigenvalue weighted by atomic mass is 35.5. The number of aliphatic hydroxyl groups excluding tert-OH is 1. The lowest BCUT2D eigenvalue weighted by molar-refractivity contribution is -0.131. The Morgan fingerprint density at radius 1 is 1.09 bits per heavy atom. The molecule has 3 heterocycles. The Morgan fingerprint density at radius 2 is 1.75 bits per heavy atom. The fourth-order valence-corrected chi connectivity index (χ4v) is 6.97. The number of piperidine rings is 1. The maximum Gasteiger partial charge on any atom is 0.257 e. The summed E-state index contributed by atoms with van der Waals surface area (Å²) < 4.78 is 23.6. The van der Waals surface area contributed by atoms with Gasteiger partial charge in [-0.05, 0) is 88.0 Å². The fraction of sp³-hybridized carbons (Fsp3) is 0.485. The molecule has 3 aromatic rings. The van der Waals surface area contributed by atoms with E-state index in [4.69, 9.17) is 27.9 Å². The number of hydrogen-bond donors (Lipinski definition) is 2. The topological polar surface area (TPSA) is 99.0 Å². The second-order valence-electron chi connectivity index (χ2n) is 12.5. The normalized spacial score (nSPS) is 23.1. The lowest BCUT2D eigenvalue weighted by atomic mass is 9.73. The zero-order chi connectivity index (χ0) is 31.3. The van der Waals surface area contributed by atoms with E-state index in [0.717, 1.165) is 38.8 Å². The average molecular weight is 644 g/mol. The Labute approximate surface area is 266 Å². The summed E-state index contributed by atoms with van der Waals surface area (Å²) in [5.74, 6) is -0.940. The lowest BCUT2D eigenvalue weighted by Gasteiger charge is -2.41. The number of rotatable bonds is 10. The first kappa shape index (κ1) is 31.3. The van der Waals surface area contributed by atoms with Crippen molar-refractivity contribution in [1.29, 1.82) is 0 Å². The van der Waals surface area contributed by atoms with Crippen LogP contribution < -0.4 is 0 Å². The largest absolute Gasteiger partial charge is 0.396 e. The van der Waals surface area contributed by atoms with Crippen molar-refractivity contribution in [2.24, 2.45) is 11.3 Å². The number of benzene rings is 2. The van der Waals surface area contributed by atoms with Crippen LogP contribution in [0.2, 0.25) is 10.0 Å². The summed E-state index contributed by atoms with van der Waals surface area (Å²) in [4.78, 5) is 26.8. The Morgan fingerprint density at radius 3 is 2.34 bits per heavy atom. The van der Waals surface area contributed by atoms with Gasteiger partial charge in [-0.3, -0.25) is 9.69 Å². The molecule has 2 aromatic carbocycles. The van der Waals surface area contributed by atoms with Gasteiger partial charge in [0, 0.05) is 28.4 Å². The highest BCUT2D eigenvalue weighted by Crippen LogP contribution is 2.53. The van der Waals surface area contributed by atoms with E-state index in [1.165, 1.54) is 23.4 Å². The first-order valence-corrected chi connectivity index (χ1v) is 15.9. The molecule has 2 N–H and O–H groups in total. The summed E-state index contributed by atoms with van der Waals surface area (Å²) in [5, 5.41) is 23.0. The molecular weight excluding hydrogens is 606 g/mol. The third-order valence-corrected chi connectivity index (χ3v) is 10.3. The predicted octanol–water partition coefficient (Wildman–Crippen LogP) is 5.51. The van der Waals surface area contributed by atoms with Gasteiger partial charge in [0.15, 0.2) is 5.72 Å². The minimum absolute atomic E-state index is 0.0538. The number of ether oxygens (including phenoxy) is 1. The van der Waals surface area contributed by atoms with Crippen molar-refractivity contribution in [1.82, 2.24) is 19.8 Å². The van der Waals surface area contributed by atoms with Crippen LogP contribution in [0.3, 0.4) is 0 Å². The molecule has 44 heavy (non-hydrogen) atoms. The monoisotopic (exact) mass is 642 g/mol. The Bertz CT molecular complexity index is 1530. The van der Waals surface area contributed by atoms with Gasteiger partial charge in [0.2, 0.25) is 0 Å². The molecule has 3 aliphatic rings. The van der Waals surface area contributed by atoms with E-state index in [2.05, 4.69) is 14.9 Å². The number of likely N-dealkylation sites (tertiary alicyclic amines) is 1. The molecule has 1 unspecified atom stereocenters. The summed E-state index contributed by atoms with van der Waals surface area (Å²) in [6.45, 7) is 3.43. The second kappa shape index (κ2) is 11.9. The molecule has 1 saturated heterocycles. The molecule has 8 nitrogen and oxygen atoms in total. The van der Waals surface area contributed by atoms with E-state index >= 15 is 4.39 Å². The summed E-state index contributed by atoms with van der Waals surface area (Å²) in [7, 11) is 2.05. The van der Waals surface area contributed by atoms with Crippen molar-refractivity contribution in [2.75, 3.05) is 33.4 Å². The number of aliphatic hydroxyl groups is 2. The fourth-order valence-electron chi connectivity index (χ4n) is 6.74. The van der Waals surface area contributed by atoms with Crippen LogP contribution in [0.15, 0.2) is 48.8 Å². The standard InChI is InChI=1S/C33H37Cl2FN4O4/c1-3-32(43,21-8-12-39(2)13-9-21)23-14-26-29(27(36)15-23)33(22-4-6-24(34)7-5-22,44-20-31(19-41)10-11-31)40(30(26)42)18-28-37-16-25(35)17-38-28/h4-7,14-17,21,41,43H,3,8-13,18-20H2,1-2H3/t32?,33-/m1/s1. The van der Waals surface area contributed by atoms with Gasteiger partial charge in [-0.1, -0.05) is 42.3 Å². The van der Waals surface area contributed by atoms with E-state index in [-0.39, 0.29) is 42.6 Å². The average Bonchev–Trinajstić information content (AvgIpc) is 3.78. The van der Waals surface area contributed by atoms with Crippen LogP contribution in [0, 0.1) is 17.2 Å². The molecule has 2 fully saturated rings. The zero-order valence-corrected chi connectivity index (χ0v) is 26.4. The van der Waals surface area contributed by atoms with Crippen molar-refractivity contribution in [2.45, 2.75) is 56.9 Å². The number of aromatic nitrogens is 2. The van der Waals surface area contributed by atoms with Crippen LogP contribution in [-0.4, -0.2) is 69.2 Å². The van der Waals surface area contributed by atoms with Gasteiger partial charge in [-0.15, -0.1) is 0 Å². The number of halogens is 3.